The Bertz CT molecular complexity index is 105. The van der Waals surface area contributed by atoms with Gasteiger partial charge in [-0.3, -0.25) is 4.99 Å². The number of rotatable bonds is 4. The second-order valence-corrected chi connectivity index (χ2v) is 1.73. The molecule has 0 fully saturated rings. The standard InChI is InChI=1S/C7H14N2/c1-4-7(3)9-6-8-5-2/h6H,3-5H2,1-2H3,(H,8,9). The minimum Gasteiger partial charge on any atom is -0.351 e. The smallest absolute Gasteiger partial charge is 0.0865 e. The molecule has 2 heteroatoms. The number of aliphatic imine (C=N–C) groups is 1. The quantitative estimate of drug-likeness (QED) is 0.448. The first-order valence-electron chi connectivity index (χ1n) is 3.23. The van der Waals surface area contributed by atoms with Gasteiger partial charge >= 0.3 is 0 Å². The zero-order valence-corrected chi connectivity index (χ0v) is 6.15. The molecule has 0 bridgehead atoms. The van der Waals surface area contributed by atoms with Crippen molar-refractivity contribution in [1.82, 2.24) is 5.32 Å². The van der Waals surface area contributed by atoms with Gasteiger partial charge in [0.1, 0.15) is 0 Å². The van der Waals surface area contributed by atoms with E-state index < -0.39 is 0 Å². The van der Waals surface area contributed by atoms with Crippen molar-refractivity contribution >= 4 is 6.34 Å². The molecule has 0 aromatic heterocycles. The molecular formula is C7H14N2. The highest BCUT2D eigenvalue weighted by Crippen LogP contribution is 1.86. The Kier molecular flexibility index (Phi) is 4.88. The summed E-state index contributed by atoms with van der Waals surface area (Å²) >= 11 is 0. The van der Waals surface area contributed by atoms with Gasteiger partial charge in [0.05, 0.1) is 6.34 Å². The molecule has 0 unspecified atom stereocenters. The molecule has 0 amide bonds. The molecule has 0 aliphatic rings. The average Bonchev–Trinajstić information content (AvgIpc) is 1.89. The van der Waals surface area contributed by atoms with Gasteiger partial charge < -0.3 is 5.32 Å². The molecule has 0 atom stereocenters. The normalized spacial score (nSPS) is 10.0. The van der Waals surface area contributed by atoms with E-state index in [9.17, 15) is 0 Å². The Hall–Kier alpha value is -0.790. The van der Waals surface area contributed by atoms with E-state index in [1.54, 1.807) is 6.34 Å². The monoisotopic (exact) mass is 126 g/mol. The number of nitrogens with zero attached hydrogens (tertiary/aromatic N) is 1. The van der Waals surface area contributed by atoms with Gasteiger partial charge in [0.25, 0.3) is 0 Å². The highest BCUT2D eigenvalue weighted by atomic mass is 14.9. The van der Waals surface area contributed by atoms with Crippen molar-refractivity contribution < 1.29 is 0 Å². The second-order valence-electron chi connectivity index (χ2n) is 1.73. The summed E-state index contributed by atoms with van der Waals surface area (Å²) in [5.74, 6) is 0. The zero-order chi connectivity index (χ0) is 7.11. The lowest BCUT2D eigenvalue weighted by atomic mass is 10.4. The average molecular weight is 126 g/mol. The van der Waals surface area contributed by atoms with Gasteiger partial charge in [0.15, 0.2) is 0 Å². The molecule has 0 aliphatic carbocycles. The first-order chi connectivity index (χ1) is 4.31. The molecule has 2 nitrogen and oxygen atoms in total. The van der Waals surface area contributed by atoms with Gasteiger partial charge in [-0.15, -0.1) is 0 Å². The lowest BCUT2D eigenvalue weighted by molar-refractivity contribution is 0.988. The fourth-order valence-electron chi connectivity index (χ4n) is 0.330. The van der Waals surface area contributed by atoms with Gasteiger partial charge in [-0.05, 0) is 13.3 Å². The molecule has 52 valence electrons. The van der Waals surface area contributed by atoms with Crippen LogP contribution in [0.3, 0.4) is 0 Å². The Balaban J connectivity index is 3.26. The minimum atomic E-state index is 0.823. The maximum absolute atomic E-state index is 3.96. The second kappa shape index (κ2) is 5.35. The van der Waals surface area contributed by atoms with Crippen LogP contribution in [0.15, 0.2) is 17.3 Å². The Labute approximate surface area is 56.7 Å². The first-order valence-corrected chi connectivity index (χ1v) is 3.23. The van der Waals surface area contributed by atoms with Crippen LogP contribution in [0.2, 0.25) is 0 Å². The summed E-state index contributed by atoms with van der Waals surface area (Å²) in [6.07, 6.45) is 2.64. The van der Waals surface area contributed by atoms with Crippen LogP contribution in [0.25, 0.3) is 0 Å². The maximum Gasteiger partial charge on any atom is 0.0865 e. The van der Waals surface area contributed by atoms with Gasteiger partial charge in [-0.2, -0.15) is 0 Å². The lowest BCUT2D eigenvalue weighted by Crippen LogP contribution is -2.08. The number of hydrogen-bond donors (Lipinski definition) is 1. The molecule has 0 aromatic carbocycles. The van der Waals surface area contributed by atoms with Crippen LogP contribution in [0.1, 0.15) is 20.3 Å². The van der Waals surface area contributed by atoms with E-state index in [-0.39, 0.29) is 0 Å². The van der Waals surface area contributed by atoms with Crippen molar-refractivity contribution in [2.24, 2.45) is 4.99 Å². The minimum absolute atomic E-state index is 0.823. The molecule has 0 saturated heterocycles. The molecule has 0 aromatic rings. The van der Waals surface area contributed by atoms with E-state index in [1.807, 2.05) is 6.92 Å². The SMILES string of the molecule is C=C(CC)NC=NCC. The van der Waals surface area contributed by atoms with E-state index in [2.05, 4.69) is 23.8 Å². The van der Waals surface area contributed by atoms with Crippen molar-refractivity contribution in [3.05, 3.63) is 12.3 Å². The molecule has 0 aliphatic heterocycles. The predicted molar refractivity (Wildman–Crippen MR) is 41.6 cm³/mol. The van der Waals surface area contributed by atoms with Crippen LogP contribution in [0, 0.1) is 0 Å². The third kappa shape index (κ3) is 5.07. The number of hydrogen-bond acceptors (Lipinski definition) is 1. The molecular weight excluding hydrogens is 112 g/mol. The number of allylic oxidation sites excluding steroid dienone is 1. The molecule has 9 heavy (non-hydrogen) atoms. The summed E-state index contributed by atoms with van der Waals surface area (Å²) in [7, 11) is 0. The lowest BCUT2D eigenvalue weighted by Gasteiger charge is -1.97. The zero-order valence-electron chi connectivity index (χ0n) is 6.15. The highest BCUT2D eigenvalue weighted by molar-refractivity contribution is 5.56. The molecule has 0 heterocycles. The van der Waals surface area contributed by atoms with Crippen LogP contribution < -0.4 is 5.32 Å². The van der Waals surface area contributed by atoms with Crippen molar-refractivity contribution in [3.63, 3.8) is 0 Å². The molecule has 0 spiro atoms. The van der Waals surface area contributed by atoms with Gasteiger partial charge in [-0.1, -0.05) is 13.5 Å². The van der Waals surface area contributed by atoms with Gasteiger partial charge in [0.2, 0.25) is 0 Å². The largest absolute Gasteiger partial charge is 0.351 e. The van der Waals surface area contributed by atoms with E-state index >= 15 is 0 Å². The van der Waals surface area contributed by atoms with Crippen LogP contribution in [-0.4, -0.2) is 12.9 Å². The molecule has 0 saturated carbocycles. The third-order valence-corrected chi connectivity index (χ3v) is 0.969. The Morgan fingerprint density at radius 2 is 2.33 bits per heavy atom. The molecule has 1 N–H and O–H groups in total. The number of nitrogens with one attached hydrogen (secondary N) is 1. The predicted octanol–water partition coefficient (Wildman–Crippen LogP) is 1.55. The summed E-state index contributed by atoms with van der Waals surface area (Å²) in [5, 5.41) is 2.95. The van der Waals surface area contributed by atoms with E-state index in [4.69, 9.17) is 0 Å². The maximum atomic E-state index is 3.96. The first kappa shape index (κ1) is 8.21. The van der Waals surface area contributed by atoms with E-state index in [0.717, 1.165) is 18.7 Å². The van der Waals surface area contributed by atoms with Gasteiger partial charge in [-0.25, -0.2) is 0 Å². The summed E-state index contributed by atoms with van der Waals surface area (Å²) in [4.78, 5) is 3.96. The summed E-state index contributed by atoms with van der Waals surface area (Å²) in [6.45, 7) is 8.61. The highest BCUT2D eigenvalue weighted by Gasteiger charge is 1.80. The topological polar surface area (TPSA) is 24.4 Å². The fourth-order valence-corrected chi connectivity index (χ4v) is 0.330. The fraction of sp³-hybridized carbons (Fsp3) is 0.571. The summed E-state index contributed by atoms with van der Waals surface area (Å²) < 4.78 is 0. The molecule has 0 radical (unpaired) electrons. The van der Waals surface area contributed by atoms with E-state index in [0.29, 0.717) is 0 Å². The van der Waals surface area contributed by atoms with Crippen LogP contribution in [0.5, 0.6) is 0 Å². The van der Waals surface area contributed by atoms with Crippen molar-refractivity contribution in [3.8, 4) is 0 Å². The van der Waals surface area contributed by atoms with E-state index in [1.165, 1.54) is 0 Å². The van der Waals surface area contributed by atoms with Crippen molar-refractivity contribution in [2.45, 2.75) is 20.3 Å². The van der Waals surface area contributed by atoms with Crippen molar-refractivity contribution in [2.75, 3.05) is 6.54 Å². The van der Waals surface area contributed by atoms with Crippen molar-refractivity contribution in [1.29, 1.82) is 0 Å². The summed E-state index contributed by atoms with van der Waals surface area (Å²) in [6, 6.07) is 0. The van der Waals surface area contributed by atoms with Crippen LogP contribution >= 0.6 is 0 Å². The van der Waals surface area contributed by atoms with Gasteiger partial charge in [0, 0.05) is 12.2 Å². The Morgan fingerprint density at radius 1 is 1.67 bits per heavy atom. The third-order valence-electron chi connectivity index (χ3n) is 0.969. The van der Waals surface area contributed by atoms with Crippen LogP contribution in [0.4, 0.5) is 0 Å². The Morgan fingerprint density at radius 3 is 2.78 bits per heavy atom. The summed E-state index contributed by atoms with van der Waals surface area (Å²) in [5.41, 5.74) is 1.01. The molecule has 0 rings (SSSR count). The van der Waals surface area contributed by atoms with Crippen LogP contribution in [-0.2, 0) is 0 Å².